The molecular weight excluding hydrogens is 308 g/mol. The summed E-state index contributed by atoms with van der Waals surface area (Å²) in [4.78, 5) is 23.5. The van der Waals surface area contributed by atoms with Gasteiger partial charge in [-0.3, -0.25) is 4.79 Å². The van der Waals surface area contributed by atoms with Crippen LogP contribution < -0.4 is 10.6 Å². The number of hydrogen-bond acceptors (Lipinski definition) is 5. The van der Waals surface area contributed by atoms with Crippen LogP contribution in [0.25, 0.3) is 0 Å². The lowest BCUT2D eigenvalue weighted by Crippen LogP contribution is -2.57. The van der Waals surface area contributed by atoms with E-state index < -0.39 is 6.09 Å². The van der Waals surface area contributed by atoms with E-state index in [1.54, 1.807) is 0 Å². The Morgan fingerprint density at radius 2 is 1.83 bits per heavy atom. The third-order valence-electron chi connectivity index (χ3n) is 4.21. The average Bonchev–Trinajstić information content (AvgIpc) is 2.54. The number of rotatable bonds is 7. The minimum absolute atomic E-state index is 0.0798. The second-order valence-corrected chi connectivity index (χ2v) is 6.48. The van der Waals surface area contributed by atoms with E-state index in [1.807, 2.05) is 44.2 Å². The average molecular weight is 334 g/mol. The van der Waals surface area contributed by atoms with E-state index >= 15 is 0 Å². The second-order valence-electron chi connectivity index (χ2n) is 6.48. The molecule has 1 aromatic carbocycles. The van der Waals surface area contributed by atoms with Crippen LogP contribution in [0.4, 0.5) is 4.79 Å². The molecule has 0 saturated heterocycles. The number of esters is 1. The molecule has 0 heterocycles. The van der Waals surface area contributed by atoms with Gasteiger partial charge < -0.3 is 20.1 Å². The molecule has 1 fully saturated rings. The number of hydrogen-bond donors (Lipinski definition) is 2. The number of alkyl carbamates (subject to hydrolysis) is 1. The van der Waals surface area contributed by atoms with Crippen LogP contribution in [0.5, 0.6) is 0 Å². The topological polar surface area (TPSA) is 76.7 Å². The molecule has 0 aromatic heterocycles. The number of amides is 1. The molecule has 1 aliphatic carbocycles. The maximum absolute atomic E-state index is 11.8. The fourth-order valence-corrected chi connectivity index (χ4v) is 2.72. The smallest absolute Gasteiger partial charge is 0.407 e. The Morgan fingerprint density at radius 3 is 2.42 bits per heavy atom. The molecule has 1 amide bonds. The number of methoxy groups -OCH3 is 1. The summed E-state index contributed by atoms with van der Waals surface area (Å²) in [6.45, 7) is 4.21. The van der Waals surface area contributed by atoms with Gasteiger partial charge in [0.05, 0.1) is 7.11 Å². The van der Waals surface area contributed by atoms with Crippen molar-refractivity contribution in [3.8, 4) is 0 Å². The van der Waals surface area contributed by atoms with Crippen molar-refractivity contribution in [1.29, 1.82) is 0 Å². The second kappa shape index (κ2) is 8.68. The highest BCUT2D eigenvalue weighted by Gasteiger charge is 2.35. The Bertz CT molecular complexity index is 541. The van der Waals surface area contributed by atoms with Crippen molar-refractivity contribution in [1.82, 2.24) is 10.6 Å². The SMILES string of the molecule is COC(=O)C(NC1CC(NC(=O)OCc2ccccc2)C1)C(C)C. The lowest BCUT2D eigenvalue weighted by molar-refractivity contribution is -0.144. The highest BCUT2D eigenvalue weighted by molar-refractivity contribution is 5.76. The van der Waals surface area contributed by atoms with Crippen LogP contribution in [-0.4, -0.2) is 37.3 Å². The van der Waals surface area contributed by atoms with Crippen LogP contribution in [0.3, 0.4) is 0 Å². The molecule has 2 N–H and O–H groups in total. The first-order valence-electron chi connectivity index (χ1n) is 8.30. The number of carbonyl (C=O) groups is 2. The Hall–Kier alpha value is -2.08. The van der Waals surface area contributed by atoms with Crippen LogP contribution >= 0.6 is 0 Å². The van der Waals surface area contributed by atoms with E-state index in [0.29, 0.717) is 0 Å². The van der Waals surface area contributed by atoms with Gasteiger partial charge in [0.2, 0.25) is 0 Å². The Morgan fingerprint density at radius 1 is 1.17 bits per heavy atom. The molecule has 132 valence electrons. The van der Waals surface area contributed by atoms with Gasteiger partial charge in [0.1, 0.15) is 12.6 Å². The van der Waals surface area contributed by atoms with Gasteiger partial charge >= 0.3 is 12.1 Å². The normalized spacial score (nSPS) is 20.8. The third-order valence-corrected chi connectivity index (χ3v) is 4.21. The Labute approximate surface area is 142 Å². The number of nitrogens with one attached hydrogen (secondary N) is 2. The van der Waals surface area contributed by atoms with E-state index in [-0.39, 0.29) is 36.6 Å². The quantitative estimate of drug-likeness (QED) is 0.748. The molecule has 2 rings (SSSR count). The van der Waals surface area contributed by atoms with Gasteiger partial charge in [-0.1, -0.05) is 44.2 Å². The first-order chi connectivity index (χ1) is 11.5. The fourth-order valence-electron chi connectivity index (χ4n) is 2.72. The highest BCUT2D eigenvalue weighted by Crippen LogP contribution is 2.22. The molecule has 6 heteroatoms. The summed E-state index contributed by atoms with van der Waals surface area (Å²) in [6.07, 6.45) is 1.15. The summed E-state index contributed by atoms with van der Waals surface area (Å²) in [5.41, 5.74) is 0.957. The molecule has 24 heavy (non-hydrogen) atoms. The zero-order chi connectivity index (χ0) is 17.5. The van der Waals surface area contributed by atoms with Gasteiger partial charge in [0.25, 0.3) is 0 Å². The molecular formula is C18H26N2O4. The molecule has 0 spiro atoms. The highest BCUT2D eigenvalue weighted by atomic mass is 16.5. The van der Waals surface area contributed by atoms with Crippen molar-refractivity contribution >= 4 is 12.1 Å². The number of benzene rings is 1. The van der Waals surface area contributed by atoms with E-state index in [4.69, 9.17) is 9.47 Å². The summed E-state index contributed by atoms with van der Waals surface area (Å²) in [7, 11) is 1.40. The molecule has 1 saturated carbocycles. The maximum atomic E-state index is 11.8. The predicted octanol–water partition coefficient (Wildman–Crippen LogP) is 2.23. The molecule has 1 aromatic rings. The standard InChI is InChI=1S/C18H26N2O4/c1-12(2)16(17(21)23-3)19-14-9-15(10-14)20-18(22)24-11-13-7-5-4-6-8-13/h4-8,12,14-16,19H,9-11H2,1-3H3,(H,20,22). The minimum atomic E-state index is -0.407. The maximum Gasteiger partial charge on any atom is 0.407 e. The van der Waals surface area contributed by atoms with Crippen molar-refractivity contribution in [3.63, 3.8) is 0 Å². The van der Waals surface area contributed by atoms with Gasteiger partial charge in [-0.25, -0.2) is 4.79 Å². The summed E-state index contributed by atoms with van der Waals surface area (Å²) in [5.74, 6) is -0.0935. The monoisotopic (exact) mass is 334 g/mol. The van der Waals surface area contributed by atoms with Crippen LogP contribution in [0, 0.1) is 5.92 Å². The van der Waals surface area contributed by atoms with Gasteiger partial charge in [0, 0.05) is 12.1 Å². The van der Waals surface area contributed by atoms with Gasteiger partial charge in [-0.2, -0.15) is 0 Å². The summed E-state index contributed by atoms with van der Waals surface area (Å²) in [5, 5.41) is 6.14. The molecule has 0 bridgehead atoms. The van der Waals surface area contributed by atoms with Crippen LogP contribution in [0.1, 0.15) is 32.3 Å². The largest absolute Gasteiger partial charge is 0.468 e. The van der Waals surface area contributed by atoms with Crippen molar-refractivity contribution in [2.24, 2.45) is 5.92 Å². The first-order valence-corrected chi connectivity index (χ1v) is 8.30. The summed E-state index contributed by atoms with van der Waals surface area (Å²) < 4.78 is 10.0. The lowest BCUT2D eigenvalue weighted by Gasteiger charge is -2.38. The first kappa shape index (κ1) is 18.3. The molecule has 0 aliphatic heterocycles. The van der Waals surface area contributed by atoms with E-state index in [9.17, 15) is 9.59 Å². The number of ether oxygens (including phenoxy) is 2. The lowest BCUT2D eigenvalue weighted by atomic mass is 9.85. The summed E-state index contributed by atoms with van der Waals surface area (Å²) in [6, 6.07) is 9.53. The van der Waals surface area contributed by atoms with Crippen molar-refractivity contribution in [2.75, 3.05) is 7.11 Å². The molecule has 6 nitrogen and oxygen atoms in total. The third kappa shape index (κ3) is 5.23. The molecule has 0 radical (unpaired) electrons. The summed E-state index contributed by atoms with van der Waals surface area (Å²) >= 11 is 0. The molecule has 1 unspecified atom stereocenters. The van der Waals surface area contributed by atoms with Crippen LogP contribution in [0.2, 0.25) is 0 Å². The van der Waals surface area contributed by atoms with Crippen molar-refractivity contribution in [2.45, 2.75) is 51.4 Å². The van der Waals surface area contributed by atoms with E-state index in [0.717, 1.165) is 18.4 Å². The van der Waals surface area contributed by atoms with E-state index in [2.05, 4.69) is 10.6 Å². The van der Waals surface area contributed by atoms with Gasteiger partial charge in [-0.15, -0.1) is 0 Å². The van der Waals surface area contributed by atoms with Crippen LogP contribution in [0.15, 0.2) is 30.3 Å². The Balaban J connectivity index is 1.67. The molecule has 1 aliphatic rings. The Kier molecular flexibility index (Phi) is 6.61. The van der Waals surface area contributed by atoms with Crippen molar-refractivity contribution in [3.05, 3.63) is 35.9 Å². The van der Waals surface area contributed by atoms with Crippen molar-refractivity contribution < 1.29 is 19.1 Å². The van der Waals surface area contributed by atoms with Gasteiger partial charge in [-0.05, 0) is 24.3 Å². The molecule has 1 atom stereocenters. The zero-order valence-corrected chi connectivity index (χ0v) is 14.5. The van der Waals surface area contributed by atoms with E-state index in [1.165, 1.54) is 7.11 Å². The van der Waals surface area contributed by atoms with Gasteiger partial charge in [0.15, 0.2) is 0 Å². The van der Waals surface area contributed by atoms with Crippen LogP contribution in [-0.2, 0) is 20.9 Å². The number of carbonyl (C=O) groups excluding carboxylic acids is 2. The zero-order valence-electron chi connectivity index (χ0n) is 14.5. The fraction of sp³-hybridized carbons (Fsp3) is 0.556. The minimum Gasteiger partial charge on any atom is -0.468 e. The predicted molar refractivity (Wildman–Crippen MR) is 90.4 cm³/mol.